The highest BCUT2D eigenvalue weighted by molar-refractivity contribution is 5.69. The fourth-order valence-corrected chi connectivity index (χ4v) is 1.25. The van der Waals surface area contributed by atoms with Crippen molar-refractivity contribution < 1.29 is 14.6 Å². The van der Waals surface area contributed by atoms with Crippen LogP contribution in [0.5, 0.6) is 0 Å². The van der Waals surface area contributed by atoms with Crippen LogP contribution >= 0.6 is 0 Å². The van der Waals surface area contributed by atoms with Gasteiger partial charge >= 0.3 is 5.97 Å². The summed E-state index contributed by atoms with van der Waals surface area (Å²) in [6, 6.07) is 1.79. The molecule has 1 atom stereocenters. The molecule has 1 aromatic rings. The lowest BCUT2D eigenvalue weighted by molar-refractivity contribution is -0.148. The van der Waals surface area contributed by atoms with Crippen molar-refractivity contribution in [2.24, 2.45) is 0 Å². The molecular formula is C11H17NO3. The number of nitrogens with zero attached hydrogens (tertiary/aromatic N) is 1. The van der Waals surface area contributed by atoms with E-state index < -0.39 is 6.10 Å². The van der Waals surface area contributed by atoms with Crippen LogP contribution in [0.25, 0.3) is 0 Å². The maximum absolute atomic E-state index is 11.3. The first kappa shape index (κ1) is 11.8. The van der Waals surface area contributed by atoms with Gasteiger partial charge < -0.3 is 14.4 Å². The zero-order valence-electron chi connectivity index (χ0n) is 9.30. The summed E-state index contributed by atoms with van der Waals surface area (Å²) in [6.45, 7) is 5.50. The number of ether oxygens (including phenoxy) is 1. The van der Waals surface area contributed by atoms with Crippen LogP contribution in [0.3, 0.4) is 0 Å². The molecule has 0 aromatic carbocycles. The van der Waals surface area contributed by atoms with Gasteiger partial charge in [-0.25, -0.2) is 0 Å². The van der Waals surface area contributed by atoms with Gasteiger partial charge in [0.05, 0.1) is 12.2 Å². The molecule has 0 amide bonds. The van der Waals surface area contributed by atoms with E-state index in [-0.39, 0.29) is 18.6 Å². The molecule has 0 saturated heterocycles. The number of aromatic nitrogens is 1. The molecule has 0 saturated carbocycles. The minimum Gasteiger partial charge on any atom is -0.462 e. The largest absolute Gasteiger partial charge is 0.462 e. The third-order valence-electron chi connectivity index (χ3n) is 1.93. The lowest BCUT2D eigenvalue weighted by Crippen LogP contribution is -2.16. The Bertz CT molecular complexity index is 328. The van der Waals surface area contributed by atoms with E-state index in [1.165, 1.54) is 0 Å². The Labute approximate surface area is 89.5 Å². The smallest absolute Gasteiger partial charge is 0.326 e. The molecule has 4 heteroatoms. The zero-order chi connectivity index (χ0) is 11.4. The van der Waals surface area contributed by atoms with Crippen LogP contribution in [0.2, 0.25) is 0 Å². The maximum atomic E-state index is 11.3. The molecule has 0 spiro atoms. The van der Waals surface area contributed by atoms with Crippen molar-refractivity contribution in [3.63, 3.8) is 0 Å². The van der Waals surface area contributed by atoms with Crippen molar-refractivity contribution in [3.8, 4) is 0 Å². The molecule has 15 heavy (non-hydrogen) atoms. The topological polar surface area (TPSA) is 51.5 Å². The van der Waals surface area contributed by atoms with Crippen molar-refractivity contribution >= 4 is 5.97 Å². The van der Waals surface area contributed by atoms with Gasteiger partial charge in [0.25, 0.3) is 0 Å². The summed E-state index contributed by atoms with van der Waals surface area (Å²) in [5.74, 6) is -0.266. The molecule has 0 fully saturated rings. The average Bonchev–Trinajstić information content (AvgIpc) is 2.50. The summed E-state index contributed by atoms with van der Waals surface area (Å²) in [6.07, 6.45) is 2.90. The predicted molar refractivity (Wildman–Crippen MR) is 56.3 cm³/mol. The molecule has 0 aliphatic carbocycles. The highest BCUT2D eigenvalue weighted by Gasteiger charge is 2.08. The van der Waals surface area contributed by atoms with Gasteiger partial charge in [-0.15, -0.1) is 0 Å². The lowest BCUT2D eigenvalue weighted by atomic mass is 10.2. The summed E-state index contributed by atoms with van der Waals surface area (Å²) < 4.78 is 6.70. The number of hydrogen-bond donors (Lipinski definition) is 1. The molecule has 1 aromatic heterocycles. The Hall–Kier alpha value is -1.29. The summed E-state index contributed by atoms with van der Waals surface area (Å²) >= 11 is 0. The second-order valence-corrected chi connectivity index (χ2v) is 3.83. The van der Waals surface area contributed by atoms with Gasteiger partial charge in [-0.1, -0.05) is 0 Å². The van der Waals surface area contributed by atoms with Gasteiger partial charge in [-0.05, 0) is 32.4 Å². The van der Waals surface area contributed by atoms with Crippen molar-refractivity contribution in [2.45, 2.75) is 39.5 Å². The van der Waals surface area contributed by atoms with Crippen LogP contribution in [-0.4, -0.2) is 21.7 Å². The zero-order valence-corrected chi connectivity index (χ0v) is 9.30. The van der Waals surface area contributed by atoms with Crippen LogP contribution in [0, 0.1) is 0 Å². The molecular weight excluding hydrogens is 194 g/mol. The minimum absolute atomic E-state index is 0.0932. The van der Waals surface area contributed by atoms with Gasteiger partial charge in [0.15, 0.2) is 0 Å². The fourth-order valence-electron chi connectivity index (χ4n) is 1.25. The number of carbonyl (C=O) groups excluding carboxylic acids is 1. The Morgan fingerprint density at radius 1 is 1.53 bits per heavy atom. The Kier molecular flexibility index (Phi) is 3.91. The van der Waals surface area contributed by atoms with Crippen LogP contribution in [0.15, 0.2) is 18.5 Å². The summed E-state index contributed by atoms with van der Waals surface area (Å²) in [5.41, 5.74) is 0.798. The van der Waals surface area contributed by atoms with Gasteiger partial charge in [-0.2, -0.15) is 0 Å². The number of hydrogen-bond acceptors (Lipinski definition) is 3. The Morgan fingerprint density at radius 2 is 2.20 bits per heavy atom. The summed E-state index contributed by atoms with van der Waals surface area (Å²) in [4.78, 5) is 11.3. The quantitative estimate of drug-likeness (QED) is 0.768. The highest BCUT2D eigenvalue weighted by Crippen LogP contribution is 2.11. The standard InChI is InChI=1S/C11H17NO3/c1-8(2)15-11(14)7-12-5-4-10(6-12)9(3)13/h4-6,8-9,13H,7H2,1-3H3. The first-order valence-corrected chi connectivity index (χ1v) is 5.02. The van der Waals surface area contributed by atoms with E-state index in [0.29, 0.717) is 0 Å². The van der Waals surface area contributed by atoms with Crippen molar-refractivity contribution in [2.75, 3.05) is 0 Å². The summed E-state index contributed by atoms with van der Waals surface area (Å²) in [7, 11) is 0. The first-order chi connectivity index (χ1) is 6.99. The molecule has 1 unspecified atom stereocenters. The van der Waals surface area contributed by atoms with Crippen molar-refractivity contribution in [1.29, 1.82) is 0 Å². The Morgan fingerprint density at radius 3 is 2.67 bits per heavy atom. The van der Waals surface area contributed by atoms with Gasteiger partial charge in [0.1, 0.15) is 6.54 Å². The first-order valence-electron chi connectivity index (χ1n) is 5.02. The SMILES string of the molecule is CC(C)OC(=O)Cn1ccc(C(C)O)c1. The van der Waals surface area contributed by atoms with E-state index in [1.807, 2.05) is 13.8 Å². The van der Waals surface area contributed by atoms with Crippen LogP contribution in [-0.2, 0) is 16.1 Å². The normalized spacial score (nSPS) is 12.9. The van der Waals surface area contributed by atoms with E-state index in [4.69, 9.17) is 4.74 Å². The highest BCUT2D eigenvalue weighted by atomic mass is 16.5. The van der Waals surface area contributed by atoms with Crippen LogP contribution < -0.4 is 0 Å². The number of esters is 1. The van der Waals surface area contributed by atoms with Crippen molar-refractivity contribution in [1.82, 2.24) is 4.57 Å². The summed E-state index contributed by atoms with van der Waals surface area (Å²) in [5, 5.41) is 9.29. The monoisotopic (exact) mass is 211 g/mol. The van der Waals surface area contributed by atoms with Crippen LogP contribution in [0.4, 0.5) is 0 Å². The molecule has 0 radical (unpaired) electrons. The molecule has 0 aliphatic heterocycles. The average molecular weight is 211 g/mol. The second-order valence-electron chi connectivity index (χ2n) is 3.83. The van der Waals surface area contributed by atoms with Crippen molar-refractivity contribution in [3.05, 3.63) is 24.0 Å². The maximum Gasteiger partial charge on any atom is 0.326 e. The molecule has 1 heterocycles. The number of aliphatic hydroxyl groups is 1. The molecule has 0 bridgehead atoms. The predicted octanol–water partition coefficient (Wildman–Crippen LogP) is 1.49. The molecule has 1 rings (SSSR count). The lowest BCUT2D eigenvalue weighted by Gasteiger charge is -2.08. The van der Waals surface area contributed by atoms with E-state index in [0.717, 1.165) is 5.56 Å². The molecule has 4 nitrogen and oxygen atoms in total. The van der Waals surface area contributed by atoms with E-state index in [1.54, 1.807) is 30.0 Å². The van der Waals surface area contributed by atoms with Gasteiger partial charge in [-0.3, -0.25) is 4.79 Å². The van der Waals surface area contributed by atoms with E-state index in [9.17, 15) is 9.90 Å². The van der Waals surface area contributed by atoms with Gasteiger partial charge in [0.2, 0.25) is 0 Å². The van der Waals surface area contributed by atoms with E-state index in [2.05, 4.69) is 0 Å². The third-order valence-corrected chi connectivity index (χ3v) is 1.93. The van der Waals surface area contributed by atoms with Gasteiger partial charge in [0, 0.05) is 12.4 Å². The van der Waals surface area contributed by atoms with E-state index >= 15 is 0 Å². The molecule has 0 aliphatic rings. The second kappa shape index (κ2) is 4.98. The molecule has 1 N–H and O–H groups in total. The fraction of sp³-hybridized carbons (Fsp3) is 0.545. The number of aliphatic hydroxyl groups excluding tert-OH is 1. The number of carbonyl (C=O) groups is 1. The third kappa shape index (κ3) is 3.75. The Balaban J connectivity index is 2.53. The number of rotatable bonds is 4. The van der Waals surface area contributed by atoms with Crippen LogP contribution in [0.1, 0.15) is 32.4 Å². The minimum atomic E-state index is -0.507. The molecule has 84 valence electrons.